The summed E-state index contributed by atoms with van der Waals surface area (Å²) in [5.41, 5.74) is -1.13. The number of aliphatic hydroxyl groups is 1. The van der Waals surface area contributed by atoms with Gasteiger partial charge in [-0.25, -0.2) is 4.79 Å². The highest BCUT2D eigenvalue weighted by molar-refractivity contribution is 5.97. The maximum Gasteiger partial charge on any atom is 0.334 e. The average Bonchev–Trinajstić information content (AvgIpc) is 2.61. The number of hydrogen-bond donors (Lipinski definition) is 2. The van der Waals surface area contributed by atoms with E-state index < -0.39 is 23.5 Å². The van der Waals surface area contributed by atoms with Crippen LogP contribution in [0.1, 0.15) is 19.8 Å². The fourth-order valence-electron chi connectivity index (χ4n) is 3.36. The van der Waals surface area contributed by atoms with Crippen LogP contribution in [0.15, 0.2) is 24.3 Å². The zero-order valence-corrected chi connectivity index (χ0v) is 11.1. The van der Waals surface area contributed by atoms with Gasteiger partial charge >= 0.3 is 5.97 Å². The molecule has 0 aromatic heterocycles. The van der Waals surface area contributed by atoms with Crippen LogP contribution in [0.25, 0.3) is 0 Å². The van der Waals surface area contributed by atoms with E-state index in [1.165, 1.54) is 24.0 Å². The molecule has 0 saturated carbocycles. The van der Waals surface area contributed by atoms with Crippen molar-refractivity contribution >= 4 is 11.9 Å². The van der Waals surface area contributed by atoms with Gasteiger partial charge in [-0.1, -0.05) is 6.08 Å². The first-order valence-corrected chi connectivity index (χ1v) is 6.36. The van der Waals surface area contributed by atoms with Gasteiger partial charge in [0.05, 0.1) is 24.1 Å². The zero-order valence-electron chi connectivity index (χ0n) is 11.1. The van der Waals surface area contributed by atoms with Crippen LogP contribution in [0, 0.1) is 17.2 Å². The molecule has 4 atom stereocenters. The van der Waals surface area contributed by atoms with E-state index in [-0.39, 0.29) is 18.4 Å². The molecule has 0 radical (unpaired) electrons. The predicted molar refractivity (Wildman–Crippen MR) is 69.3 cm³/mol. The average molecular weight is 276 g/mol. The molecule has 6 heteroatoms. The highest BCUT2D eigenvalue weighted by Crippen LogP contribution is 2.51. The van der Waals surface area contributed by atoms with E-state index in [1.807, 2.05) is 6.07 Å². The van der Waals surface area contributed by atoms with E-state index in [2.05, 4.69) is 6.58 Å². The van der Waals surface area contributed by atoms with Crippen LogP contribution in [0.4, 0.5) is 0 Å². The Hall–Kier alpha value is -2.13. The van der Waals surface area contributed by atoms with E-state index >= 15 is 0 Å². The number of nitrogens with zero attached hydrogens (tertiary/aromatic N) is 2. The predicted octanol–water partition coefficient (Wildman–Crippen LogP) is 0.447. The van der Waals surface area contributed by atoms with Crippen molar-refractivity contribution in [1.29, 1.82) is 5.26 Å². The Bertz CT molecular complexity index is 546. The van der Waals surface area contributed by atoms with Crippen LogP contribution < -0.4 is 0 Å². The van der Waals surface area contributed by atoms with Crippen molar-refractivity contribution in [3.05, 3.63) is 24.3 Å². The Morgan fingerprint density at radius 2 is 2.40 bits per heavy atom. The minimum absolute atomic E-state index is 0.0462. The summed E-state index contributed by atoms with van der Waals surface area (Å²) in [4.78, 5) is 25.2. The molecule has 2 N–H and O–H groups in total. The monoisotopic (exact) mass is 276 g/mol. The number of allylic oxidation sites excluding steroid dienone is 1. The van der Waals surface area contributed by atoms with Crippen molar-refractivity contribution in [1.82, 2.24) is 4.90 Å². The van der Waals surface area contributed by atoms with Crippen molar-refractivity contribution in [2.45, 2.75) is 37.5 Å². The first-order chi connectivity index (χ1) is 9.41. The van der Waals surface area contributed by atoms with Gasteiger partial charge in [-0.05, 0) is 18.9 Å². The minimum atomic E-state index is -1.52. The molecule has 0 bridgehead atoms. The van der Waals surface area contributed by atoms with Gasteiger partial charge in [-0.2, -0.15) is 5.26 Å². The molecular weight excluding hydrogens is 260 g/mol. The number of nitriles is 1. The molecule has 20 heavy (non-hydrogen) atoms. The van der Waals surface area contributed by atoms with Crippen LogP contribution in [0.3, 0.4) is 0 Å². The second kappa shape index (κ2) is 4.76. The van der Waals surface area contributed by atoms with Gasteiger partial charge in [0.25, 0.3) is 0 Å². The van der Waals surface area contributed by atoms with Gasteiger partial charge in [0.2, 0.25) is 5.91 Å². The van der Waals surface area contributed by atoms with Crippen molar-refractivity contribution in [2.24, 2.45) is 5.92 Å². The van der Waals surface area contributed by atoms with E-state index in [1.54, 1.807) is 0 Å². The first-order valence-electron chi connectivity index (χ1n) is 6.36. The summed E-state index contributed by atoms with van der Waals surface area (Å²) in [7, 11) is 0. The van der Waals surface area contributed by atoms with E-state index in [4.69, 9.17) is 5.26 Å². The number of rotatable bonds is 4. The quantitative estimate of drug-likeness (QED) is 0.441. The third kappa shape index (κ3) is 1.60. The summed E-state index contributed by atoms with van der Waals surface area (Å²) in [6.45, 7) is 5.06. The lowest BCUT2D eigenvalue weighted by Gasteiger charge is -2.50. The molecule has 2 saturated heterocycles. The third-order valence-electron chi connectivity index (χ3n) is 4.19. The summed E-state index contributed by atoms with van der Waals surface area (Å²) in [6.07, 6.45) is 2.15. The van der Waals surface area contributed by atoms with Crippen molar-refractivity contribution in [3.63, 3.8) is 0 Å². The molecule has 2 fully saturated rings. The summed E-state index contributed by atoms with van der Waals surface area (Å²) in [5.74, 6) is -2.14. The molecule has 2 aliphatic rings. The lowest BCUT2D eigenvalue weighted by atomic mass is 9.82. The fourth-order valence-corrected chi connectivity index (χ4v) is 3.36. The standard InChI is InChI=1S/C14H16N2O4/c1-3-5-14(13(19)20)9(4-6-15)7-10-11(8(2)17)12(18)16(10)14/h3-4,8,10-11,17H,1,5,7H2,2H3,(H,19,20)/b9-4+/t8-,10-,11-,14?/m1/s1. The molecule has 1 amide bonds. The lowest BCUT2D eigenvalue weighted by molar-refractivity contribution is -0.177. The van der Waals surface area contributed by atoms with Gasteiger partial charge in [-0.15, -0.1) is 6.58 Å². The van der Waals surface area contributed by atoms with Crippen LogP contribution in [-0.4, -0.2) is 44.7 Å². The van der Waals surface area contributed by atoms with Gasteiger partial charge in [0.1, 0.15) is 0 Å². The fraction of sp³-hybridized carbons (Fsp3) is 0.500. The zero-order chi connectivity index (χ0) is 15.1. The van der Waals surface area contributed by atoms with E-state index in [9.17, 15) is 19.8 Å². The Morgan fingerprint density at radius 3 is 2.85 bits per heavy atom. The summed E-state index contributed by atoms with van der Waals surface area (Å²) in [6, 6.07) is 1.48. The second-order valence-electron chi connectivity index (χ2n) is 5.20. The first kappa shape index (κ1) is 14.3. The Labute approximate surface area is 116 Å². The second-order valence-corrected chi connectivity index (χ2v) is 5.20. The molecule has 0 aromatic carbocycles. The third-order valence-corrected chi connectivity index (χ3v) is 4.19. The Morgan fingerprint density at radius 1 is 1.75 bits per heavy atom. The molecular formula is C14H16N2O4. The smallest absolute Gasteiger partial charge is 0.334 e. The maximum absolute atomic E-state index is 12.2. The van der Waals surface area contributed by atoms with Gasteiger partial charge in [-0.3, -0.25) is 4.79 Å². The lowest BCUT2D eigenvalue weighted by Crippen LogP contribution is -2.69. The van der Waals surface area contributed by atoms with E-state index in [0.717, 1.165) is 0 Å². The number of carboxylic acid groups (broad SMARTS) is 1. The van der Waals surface area contributed by atoms with E-state index in [0.29, 0.717) is 12.0 Å². The molecule has 0 aromatic rings. The van der Waals surface area contributed by atoms with Crippen LogP contribution in [-0.2, 0) is 9.59 Å². The molecule has 2 rings (SSSR count). The van der Waals surface area contributed by atoms with Gasteiger partial charge in [0.15, 0.2) is 5.54 Å². The topological polar surface area (TPSA) is 102 Å². The summed E-state index contributed by atoms with van der Waals surface area (Å²) >= 11 is 0. The molecule has 1 unspecified atom stereocenters. The molecule has 0 spiro atoms. The number of fused-ring (bicyclic) bond motifs is 1. The Balaban J connectivity index is 2.52. The number of β-lactam (4-membered cyclic amide) rings is 1. The number of carbonyl (C=O) groups excluding carboxylic acids is 1. The Kier molecular flexibility index (Phi) is 3.40. The van der Waals surface area contributed by atoms with Crippen molar-refractivity contribution in [3.8, 4) is 6.07 Å². The number of carboxylic acids is 1. The number of amides is 1. The van der Waals surface area contributed by atoms with Crippen LogP contribution in [0.5, 0.6) is 0 Å². The minimum Gasteiger partial charge on any atom is -0.479 e. The molecule has 2 aliphatic heterocycles. The number of carbonyl (C=O) groups is 2. The van der Waals surface area contributed by atoms with Crippen molar-refractivity contribution < 1.29 is 19.8 Å². The van der Waals surface area contributed by atoms with Gasteiger partial charge < -0.3 is 15.1 Å². The SMILES string of the molecule is C=CCC1(C(=O)O)/C(=C/C#N)C[C@@H]2[C@@H]([C@@H](C)O)C(=O)N21. The maximum atomic E-state index is 12.2. The van der Waals surface area contributed by atoms with Crippen LogP contribution >= 0.6 is 0 Å². The highest BCUT2D eigenvalue weighted by Gasteiger charge is 2.66. The number of aliphatic carboxylic acids is 1. The largest absolute Gasteiger partial charge is 0.479 e. The molecule has 0 aliphatic carbocycles. The highest BCUT2D eigenvalue weighted by atomic mass is 16.4. The van der Waals surface area contributed by atoms with Crippen LogP contribution in [0.2, 0.25) is 0 Å². The normalized spacial score (nSPS) is 35.1. The molecule has 2 heterocycles. The number of aliphatic hydroxyl groups excluding tert-OH is 1. The summed E-state index contributed by atoms with van der Waals surface area (Å²) in [5, 5.41) is 28.1. The molecule has 6 nitrogen and oxygen atoms in total. The molecule has 106 valence electrons. The summed E-state index contributed by atoms with van der Waals surface area (Å²) < 4.78 is 0. The van der Waals surface area contributed by atoms with Crippen molar-refractivity contribution in [2.75, 3.05) is 0 Å². The van der Waals surface area contributed by atoms with Gasteiger partial charge in [0, 0.05) is 12.5 Å². The number of hydrogen-bond acceptors (Lipinski definition) is 4.